The first-order valence-corrected chi connectivity index (χ1v) is 10.5. The lowest BCUT2D eigenvalue weighted by atomic mass is 9.90. The molecule has 1 atom stereocenters. The zero-order chi connectivity index (χ0) is 19.3. The van der Waals surface area contributed by atoms with E-state index in [4.69, 9.17) is 9.97 Å². The van der Waals surface area contributed by atoms with Crippen molar-refractivity contribution in [3.8, 4) is 0 Å². The highest BCUT2D eigenvalue weighted by atomic mass is 15.2. The van der Waals surface area contributed by atoms with Gasteiger partial charge in [-0.05, 0) is 56.0 Å². The largest absolute Gasteiger partial charge is 0.323 e. The number of rotatable bonds is 8. The maximum absolute atomic E-state index is 4.98. The van der Waals surface area contributed by atoms with Crippen molar-refractivity contribution in [3.63, 3.8) is 0 Å². The molecule has 0 amide bonds. The maximum Gasteiger partial charge on any atom is 0.124 e. The molecule has 0 aliphatic heterocycles. The van der Waals surface area contributed by atoms with Gasteiger partial charge in [0, 0.05) is 12.7 Å². The average molecular weight is 375 g/mol. The van der Waals surface area contributed by atoms with Gasteiger partial charge in [-0.2, -0.15) is 0 Å². The van der Waals surface area contributed by atoms with E-state index in [0.717, 1.165) is 37.4 Å². The van der Waals surface area contributed by atoms with E-state index in [2.05, 4.69) is 59.4 Å². The zero-order valence-electron chi connectivity index (χ0n) is 16.8. The van der Waals surface area contributed by atoms with Gasteiger partial charge < -0.3 is 4.57 Å². The van der Waals surface area contributed by atoms with Crippen molar-refractivity contribution >= 4 is 11.0 Å². The predicted molar refractivity (Wildman–Crippen MR) is 115 cm³/mol. The molecular weight excluding hydrogens is 344 g/mol. The minimum absolute atomic E-state index is 0.383. The standard InChI is InChI=1S/C24H30N4/c1-3-5-17-27(22-14-8-10-19-11-9-15-25-24(19)22)18-23-26-20-12-6-7-13-21(20)28(23)16-4-2/h4,6-7,9,11-13,15,22H,2-3,5,8,10,14,16-18H2,1H3. The number of fused-ring (bicyclic) bond motifs is 2. The third-order valence-electron chi connectivity index (χ3n) is 5.79. The Morgan fingerprint density at radius 1 is 1.25 bits per heavy atom. The molecule has 0 spiro atoms. The van der Waals surface area contributed by atoms with Crippen LogP contribution < -0.4 is 0 Å². The Bertz CT molecular complexity index is 943. The Morgan fingerprint density at radius 2 is 2.14 bits per heavy atom. The number of hydrogen-bond donors (Lipinski definition) is 0. The first-order chi connectivity index (χ1) is 13.8. The molecule has 1 aliphatic rings. The second-order valence-electron chi connectivity index (χ2n) is 7.70. The summed E-state index contributed by atoms with van der Waals surface area (Å²) in [6.45, 7) is 8.94. The van der Waals surface area contributed by atoms with Crippen LogP contribution in [0.25, 0.3) is 11.0 Å². The van der Waals surface area contributed by atoms with Gasteiger partial charge in [0.2, 0.25) is 0 Å². The van der Waals surface area contributed by atoms with E-state index in [9.17, 15) is 0 Å². The third-order valence-corrected chi connectivity index (χ3v) is 5.79. The van der Waals surface area contributed by atoms with Gasteiger partial charge in [0.05, 0.1) is 29.3 Å². The lowest BCUT2D eigenvalue weighted by Crippen LogP contribution is -2.33. The number of allylic oxidation sites excluding steroid dienone is 1. The van der Waals surface area contributed by atoms with Gasteiger partial charge in [0.25, 0.3) is 0 Å². The fourth-order valence-corrected chi connectivity index (χ4v) is 4.41. The van der Waals surface area contributed by atoms with Crippen LogP contribution in [0.3, 0.4) is 0 Å². The molecule has 3 aromatic rings. The molecule has 2 heterocycles. The molecule has 4 rings (SSSR count). The molecule has 1 aromatic carbocycles. The number of hydrogen-bond acceptors (Lipinski definition) is 3. The number of aromatic nitrogens is 3. The average Bonchev–Trinajstić information content (AvgIpc) is 3.08. The van der Waals surface area contributed by atoms with E-state index in [0.29, 0.717) is 6.04 Å². The van der Waals surface area contributed by atoms with Crippen LogP contribution >= 0.6 is 0 Å². The number of unbranched alkanes of at least 4 members (excludes halogenated alkanes) is 1. The van der Waals surface area contributed by atoms with Gasteiger partial charge in [0.15, 0.2) is 0 Å². The molecule has 0 saturated heterocycles. The Labute approximate surface area is 167 Å². The molecule has 0 N–H and O–H groups in total. The molecule has 0 bridgehead atoms. The predicted octanol–water partition coefficient (Wildman–Crippen LogP) is 5.30. The second-order valence-corrected chi connectivity index (χ2v) is 7.70. The molecule has 0 saturated carbocycles. The lowest BCUT2D eigenvalue weighted by Gasteiger charge is -2.35. The highest BCUT2D eigenvalue weighted by Crippen LogP contribution is 2.34. The van der Waals surface area contributed by atoms with E-state index in [1.807, 2.05) is 12.3 Å². The molecule has 4 nitrogen and oxygen atoms in total. The summed E-state index contributed by atoms with van der Waals surface area (Å²) in [5, 5.41) is 0. The molecule has 28 heavy (non-hydrogen) atoms. The van der Waals surface area contributed by atoms with Gasteiger partial charge in [-0.3, -0.25) is 9.88 Å². The van der Waals surface area contributed by atoms with Crippen LogP contribution in [0.15, 0.2) is 55.3 Å². The highest BCUT2D eigenvalue weighted by Gasteiger charge is 2.28. The van der Waals surface area contributed by atoms with E-state index >= 15 is 0 Å². The maximum atomic E-state index is 4.98. The van der Waals surface area contributed by atoms with Gasteiger partial charge in [0.1, 0.15) is 5.82 Å². The van der Waals surface area contributed by atoms with Crippen LogP contribution in [0.2, 0.25) is 0 Å². The summed E-state index contributed by atoms with van der Waals surface area (Å²) < 4.78 is 2.31. The summed E-state index contributed by atoms with van der Waals surface area (Å²) in [5.41, 5.74) is 4.95. The minimum atomic E-state index is 0.383. The molecular formula is C24H30N4. The van der Waals surface area contributed by atoms with Gasteiger partial charge in [-0.1, -0.05) is 37.6 Å². The number of benzene rings is 1. The zero-order valence-corrected chi connectivity index (χ0v) is 16.8. The van der Waals surface area contributed by atoms with Crippen molar-refractivity contribution in [1.82, 2.24) is 19.4 Å². The summed E-state index contributed by atoms with van der Waals surface area (Å²) in [5.74, 6) is 1.13. The molecule has 1 aliphatic carbocycles. The normalized spacial score (nSPS) is 16.4. The Kier molecular flexibility index (Phi) is 5.87. The van der Waals surface area contributed by atoms with E-state index in [-0.39, 0.29) is 0 Å². The quantitative estimate of drug-likeness (QED) is 0.502. The summed E-state index contributed by atoms with van der Waals surface area (Å²) in [6.07, 6.45) is 9.86. The van der Waals surface area contributed by atoms with Gasteiger partial charge in [-0.15, -0.1) is 6.58 Å². The van der Waals surface area contributed by atoms with Crippen molar-refractivity contribution in [2.45, 2.75) is 58.2 Å². The topological polar surface area (TPSA) is 34.0 Å². The number of imidazole rings is 1. The minimum Gasteiger partial charge on any atom is -0.323 e. The SMILES string of the molecule is C=CCn1c(CN(CCCC)C2CCCc3cccnc32)nc2ccccc21. The van der Waals surface area contributed by atoms with Crippen LogP contribution in [0.1, 0.15) is 55.7 Å². The second kappa shape index (κ2) is 8.70. The summed E-state index contributed by atoms with van der Waals surface area (Å²) in [4.78, 5) is 12.4. The van der Waals surface area contributed by atoms with Crippen LogP contribution in [0, 0.1) is 0 Å². The smallest absolute Gasteiger partial charge is 0.124 e. The van der Waals surface area contributed by atoms with Gasteiger partial charge in [-0.25, -0.2) is 4.98 Å². The van der Waals surface area contributed by atoms with Crippen LogP contribution in [-0.2, 0) is 19.5 Å². The number of aryl methyl sites for hydroxylation is 1. The van der Waals surface area contributed by atoms with Crippen LogP contribution in [-0.4, -0.2) is 26.0 Å². The monoisotopic (exact) mass is 374 g/mol. The Morgan fingerprint density at radius 3 is 3.00 bits per heavy atom. The first-order valence-electron chi connectivity index (χ1n) is 10.5. The van der Waals surface area contributed by atoms with E-state index < -0.39 is 0 Å². The molecule has 2 aromatic heterocycles. The lowest BCUT2D eigenvalue weighted by molar-refractivity contribution is 0.158. The van der Waals surface area contributed by atoms with Crippen molar-refractivity contribution in [1.29, 1.82) is 0 Å². The molecule has 0 fully saturated rings. The first kappa shape index (κ1) is 18.9. The summed E-state index contributed by atoms with van der Waals surface area (Å²) in [6, 6.07) is 13.1. The van der Waals surface area contributed by atoms with Crippen molar-refractivity contribution in [2.24, 2.45) is 0 Å². The number of nitrogens with zero attached hydrogens (tertiary/aromatic N) is 4. The molecule has 146 valence electrons. The highest BCUT2D eigenvalue weighted by molar-refractivity contribution is 5.75. The fourth-order valence-electron chi connectivity index (χ4n) is 4.41. The summed E-state index contributed by atoms with van der Waals surface area (Å²) in [7, 11) is 0. The van der Waals surface area contributed by atoms with Crippen LogP contribution in [0.4, 0.5) is 0 Å². The fraction of sp³-hybridized carbons (Fsp3) is 0.417. The molecule has 1 unspecified atom stereocenters. The number of para-hydroxylation sites is 2. The van der Waals surface area contributed by atoms with E-state index in [1.165, 1.54) is 42.5 Å². The Hall–Kier alpha value is -2.46. The van der Waals surface area contributed by atoms with Crippen molar-refractivity contribution < 1.29 is 0 Å². The number of pyridine rings is 1. The van der Waals surface area contributed by atoms with Crippen LogP contribution in [0.5, 0.6) is 0 Å². The van der Waals surface area contributed by atoms with Gasteiger partial charge >= 0.3 is 0 Å². The van der Waals surface area contributed by atoms with E-state index in [1.54, 1.807) is 0 Å². The Balaban J connectivity index is 1.69. The van der Waals surface area contributed by atoms with Crippen molar-refractivity contribution in [3.05, 3.63) is 72.3 Å². The third kappa shape index (κ3) is 3.74. The summed E-state index contributed by atoms with van der Waals surface area (Å²) >= 11 is 0. The van der Waals surface area contributed by atoms with Crippen molar-refractivity contribution in [2.75, 3.05) is 6.54 Å². The molecule has 4 heteroatoms. The molecule has 0 radical (unpaired) electrons.